The maximum absolute atomic E-state index is 12.3. The van der Waals surface area contributed by atoms with Crippen molar-refractivity contribution in [1.29, 1.82) is 5.26 Å². The Kier molecular flexibility index (Phi) is 6.16. The molecule has 140 valence electrons. The van der Waals surface area contributed by atoms with E-state index in [0.717, 1.165) is 17.7 Å². The molecular weight excluding hydrogens is 354 g/mol. The van der Waals surface area contributed by atoms with Crippen LogP contribution in [0, 0.1) is 11.3 Å². The Bertz CT molecular complexity index is 996. The van der Waals surface area contributed by atoms with Crippen LogP contribution < -0.4 is 15.4 Å². The van der Waals surface area contributed by atoms with Gasteiger partial charge in [-0.2, -0.15) is 5.26 Å². The average Bonchev–Trinajstić information content (AvgIpc) is 2.75. The molecule has 0 saturated heterocycles. The summed E-state index contributed by atoms with van der Waals surface area (Å²) >= 11 is 0. The van der Waals surface area contributed by atoms with Crippen LogP contribution in [0.25, 0.3) is 0 Å². The normalized spacial score (nSPS) is 10.0. The molecule has 0 fully saturated rings. The number of hydrogen-bond acceptors (Lipinski definition) is 6. The summed E-state index contributed by atoms with van der Waals surface area (Å²) in [5, 5.41) is 14.9. The fourth-order valence-corrected chi connectivity index (χ4v) is 2.64. The maximum atomic E-state index is 12.3. The van der Waals surface area contributed by atoms with Crippen molar-refractivity contribution in [2.45, 2.75) is 6.42 Å². The lowest BCUT2D eigenvalue weighted by molar-refractivity contribution is 0.102. The Labute approximate surface area is 163 Å². The number of carbonyl (C=O) groups excluding carboxylic acids is 1. The van der Waals surface area contributed by atoms with Crippen LogP contribution in [-0.4, -0.2) is 29.5 Å². The van der Waals surface area contributed by atoms with Crippen molar-refractivity contribution < 1.29 is 9.53 Å². The van der Waals surface area contributed by atoms with Crippen molar-refractivity contribution >= 4 is 17.5 Å². The minimum Gasteiger partial charge on any atom is -0.496 e. The molecule has 0 bridgehead atoms. The zero-order chi connectivity index (χ0) is 19.8. The molecule has 1 amide bonds. The van der Waals surface area contributed by atoms with E-state index in [4.69, 9.17) is 10.00 Å². The standard InChI is InChI=1S/C21H19N5O2/c1-28-19-9-5-3-6-15(19)10-11-23-21-24-13-17(14-25-21)20(27)26-18-8-4-2-7-16(18)12-22/h2-9,13-14H,10-11H2,1H3,(H,26,27)(H,23,24,25). The van der Waals surface area contributed by atoms with Gasteiger partial charge in [-0.15, -0.1) is 0 Å². The van der Waals surface area contributed by atoms with Crippen LogP contribution in [-0.2, 0) is 6.42 Å². The summed E-state index contributed by atoms with van der Waals surface area (Å²) in [5.41, 5.74) is 2.24. The largest absolute Gasteiger partial charge is 0.496 e. The zero-order valence-corrected chi connectivity index (χ0v) is 15.3. The van der Waals surface area contributed by atoms with Crippen LogP contribution in [0.2, 0.25) is 0 Å². The third kappa shape index (κ3) is 4.62. The SMILES string of the molecule is COc1ccccc1CCNc1ncc(C(=O)Nc2ccccc2C#N)cn1. The lowest BCUT2D eigenvalue weighted by atomic mass is 10.1. The molecule has 2 aromatic carbocycles. The van der Waals surface area contributed by atoms with Crippen molar-refractivity contribution in [3.63, 3.8) is 0 Å². The highest BCUT2D eigenvalue weighted by molar-refractivity contribution is 6.04. The Morgan fingerprint density at radius 3 is 2.57 bits per heavy atom. The lowest BCUT2D eigenvalue weighted by Crippen LogP contribution is -2.14. The quantitative estimate of drug-likeness (QED) is 0.659. The van der Waals surface area contributed by atoms with Gasteiger partial charge in [0.1, 0.15) is 11.8 Å². The van der Waals surface area contributed by atoms with E-state index in [1.807, 2.05) is 30.3 Å². The average molecular weight is 373 g/mol. The van der Waals surface area contributed by atoms with E-state index >= 15 is 0 Å². The van der Waals surface area contributed by atoms with E-state index in [0.29, 0.717) is 29.3 Å². The number of hydrogen-bond donors (Lipinski definition) is 2. The first-order valence-corrected chi connectivity index (χ1v) is 8.69. The van der Waals surface area contributed by atoms with Gasteiger partial charge < -0.3 is 15.4 Å². The second-order valence-corrected chi connectivity index (χ2v) is 5.90. The summed E-state index contributed by atoms with van der Waals surface area (Å²) in [4.78, 5) is 20.7. The van der Waals surface area contributed by atoms with Gasteiger partial charge in [-0.05, 0) is 30.2 Å². The lowest BCUT2D eigenvalue weighted by Gasteiger charge is -2.09. The summed E-state index contributed by atoms with van der Waals surface area (Å²) in [7, 11) is 1.65. The minimum absolute atomic E-state index is 0.308. The molecule has 1 aromatic heterocycles. The number of anilines is 2. The van der Waals surface area contributed by atoms with E-state index in [2.05, 4.69) is 20.6 Å². The van der Waals surface area contributed by atoms with Gasteiger partial charge in [-0.1, -0.05) is 30.3 Å². The fraction of sp³-hybridized carbons (Fsp3) is 0.143. The molecule has 0 atom stereocenters. The van der Waals surface area contributed by atoms with E-state index in [9.17, 15) is 4.79 Å². The third-order valence-corrected chi connectivity index (χ3v) is 4.08. The van der Waals surface area contributed by atoms with Gasteiger partial charge in [-0.25, -0.2) is 9.97 Å². The van der Waals surface area contributed by atoms with Crippen LogP contribution >= 0.6 is 0 Å². The number of ether oxygens (including phenoxy) is 1. The number of nitriles is 1. The molecule has 3 rings (SSSR count). The summed E-state index contributed by atoms with van der Waals surface area (Å²) < 4.78 is 5.33. The molecule has 3 aromatic rings. The number of para-hydroxylation sites is 2. The van der Waals surface area contributed by atoms with Crippen molar-refractivity contribution in [2.24, 2.45) is 0 Å². The number of methoxy groups -OCH3 is 1. The van der Waals surface area contributed by atoms with Gasteiger partial charge >= 0.3 is 0 Å². The molecule has 2 N–H and O–H groups in total. The van der Waals surface area contributed by atoms with Gasteiger partial charge in [-0.3, -0.25) is 4.79 Å². The highest BCUT2D eigenvalue weighted by Crippen LogP contribution is 2.18. The van der Waals surface area contributed by atoms with Crippen LogP contribution in [0.5, 0.6) is 5.75 Å². The first kappa shape index (κ1) is 18.9. The van der Waals surface area contributed by atoms with E-state index in [1.54, 1.807) is 31.4 Å². The van der Waals surface area contributed by atoms with Crippen LogP contribution in [0.1, 0.15) is 21.5 Å². The molecule has 0 unspecified atom stereocenters. The molecule has 1 heterocycles. The summed E-state index contributed by atoms with van der Waals surface area (Å²) in [6, 6.07) is 16.7. The van der Waals surface area contributed by atoms with Crippen LogP contribution in [0.4, 0.5) is 11.6 Å². The highest BCUT2D eigenvalue weighted by Gasteiger charge is 2.10. The van der Waals surface area contributed by atoms with Gasteiger partial charge in [0, 0.05) is 18.9 Å². The number of nitrogens with one attached hydrogen (secondary N) is 2. The molecule has 0 aliphatic carbocycles. The topological polar surface area (TPSA) is 99.9 Å². The Hall–Kier alpha value is -3.92. The monoisotopic (exact) mass is 373 g/mol. The third-order valence-electron chi connectivity index (χ3n) is 4.08. The van der Waals surface area contributed by atoms with E-state index < -0.39 is 0 Å². The van der Waals surface area contributed by atoms with Gasteiger partial charge in [0.05, 0.1) is 23.9 Å². The number of rotatable bonds is 7. The molecule has 0 saturated carbocycles. The minimum atomic E-state index is -0.372. The van der Waals surface area contributed by atoms with Gasteiger partial charge in [0.15, 0.2) is 0 Å². The first-order chi connectivity index (χ1) is 13.7. The highest BCUT2D eigenvalue weighted by atomic mass is 16.5. The van der Waals surface area contributed by atoms with Crippen molar-refractivity contribution in [1.82, 2.24) is 9.97 Å². The number of carbonyl (C=O) groups is 1. The number of nitrogens with zero attached hydrogens (tertiary/aromatic N) is 3. The smallest absolute Gasteiger partial charge is 0.258 e. The van der Waals surface area contributed by atoms with E-state index in [1.165, 1.54) is 12.4 Å². The summed E-state index contributed by atoms with van der Waals surface area (Å²) in [6.07, 6.45) is 3.64. The molecule has 28 heavy (non-hydrogen) atoms. The molecule has 7 nitrogen and oxygen atoms in total. The van der Waals surface area contributed by atoms with Crippen molar-refractivity contribution in [3.05, 3.63) is 77.6 Å². The number of aromatic nitrogens is 2. The predicted octanol–water partition coefficient (Wildman–Crippen LogP) is 3.26. The number of benzene rings is 2. The Morgan fingerprint density at radius 2 is 1.82 bits per heavy atom. The fourth-order valence-electron chi connectivity index (χ4n) is 2.64. The van der Waals surface area contributed by atoms with Crippen molar-refractivity contribution in [2.75, 3.05) is 24.3 Å². The molecule has 7 heteroatoms. The molecule has 0 radical (unpaired) electrons. The molecule has 0 aliphatic rings. The second kappa shape index (κ2) is 9.14. The van der Waals surface area contributed by atoms with Crippen LogP contribution in [0.15, 0.2) is 60.9 Å². The van der Waals surface area contributed by atoms with E-state index in [-0.39, 0.29) is 5.91 Å². The van der Waals surface area contributed by atoms with Crippen molar-refractivity contribution in [3.8, 4) is 11.8 Å². The van der Waals surface area contributed by atoms with Gasteiger partial charge in [0.2, 0.25) is 5.95 Å². The Balaban J connectivity index is 1.57. The zero-order valence-electron chi connectivity index (χ0n) is 15.3. The summed E-state index contributed by atoms with van der Waals surface area (Å²) in [6.45, 7) is 0.626. The second-order valence-electron chi connectivity index (χ2n) is 5.90. The Morgan fingerprint density at radius 1 is 1.11 bits per heavy atom. The maximum Gasteiger partial charge on any atom is 0.258 e. The first-order valence-electron chi connectivity index (χ1n) is 8.69. The van der Waals surface area contributed by atoms with Crippen LogP contribution in [0.3, 0.4) is 0 Å². The number of amides is 1. The molecule has 0 spiro atoms. The predicted molar refractivity (Wildman–Crippen MR) is 106 cm³/mol. The molecule has 0 aliphatic heterocycles. The van der Waals surface area contributed by atoms with Gasteiger partial charge in [0.25, 0.3) is 5.91 Å². The summed E-state index contributed by atoms with van der Waals surface area (Å²) in [5.74, 6) is 0.905. The molecular formula is C21H19N5O2.